The van der Waals surface area contributed by atoms with E-state index in [0.717, 1.165) is 31.5 Å². The summed E-state index contributed by atoms with van der Waals surface area (Å²) in [6.07, 6.45) is 4.69. The number of likely N-dealkylation sites (tertiary alicyclic amines) is 2. The molecule has 2 N–H and O–H groups in total. The first-order chi connectivity index (χ1) is 11.2. The van der Waals surface area contributed by atoms with E-state index in [0.29, 0.717) is 12.5 Å². The SMILES string of the molecule is CC1CCN(C(=O)c2cccc(CN3CCCC3)c2)C(CN)C1.Cl.Cl. The average Bonchev–Trinajstić information content (AvgIpc) is 3.07. The number of halogens is 2. The third-order valence-electron chi connectivity index (χ3n) is 5.29. The van der Waals surface area contributed by atoms with E-state index in [1.807, 2.05) is 17.0 Å². The van der Waals surface area contributed by atoms with Gasteiger partial charge in [-0.25, -0.2) is 0 Å². The zero-order chi connectivity index (χ0) is 16.2. The molecule has 2 atom stereocenters. The molecule has 1 amide bonds. The van der Waals surface area contributed by atoms with Gasteiger partial charge in [-0.05, 0) is 62.4 Å². The predicted molar refractivity (Wildman–Crippen MR) is 108 cm³/mol. The van der Waals surface area contributed by atoms with E-state index in [2.05, 4.69) is 24.0 Å². The third kappa shape index (κ3) is 5.58. The highest BCUT2D eigenvalue weighted by atomic mass is 35.5. The molecule has 2 aliphatic rings. The van der Waals surface area contributed by atoms with E-state index < -0.39 is 0 Å². The lowest BCUT2D eigenvalue weighted by molar-refractivity contribution is 0.0573. The second-order valence-corrected chi connectivity index (χ2v) is 7.20. The molecular weight excluding hydrogens is 357 g/mol. The van der Waals surface area contributed by atoms with Gasteiger partial charge in [0.05, 0.1) is 0 Å². The number of piperidine rings is 1. The van der Waals surface area contributed by atoms with Crippen LogP contribution in [0.4, 0.5) is 0 Å². The summed E-state index contributed by atoms with van der Waals surface area (Å²) in [4.78, 5) is 17.4. The highest BCUT2D eigenvalue weighted by Gasteiger charge is 2.29. The smallest absolute Gasteiger partial charge is 0.254 e. The monoisotopic (exact) mass is 387 g/mol. The van der Waals surface area contributed by atoms with Gasteiger partial charge in [0.25, 0.3) is 5.91 Å². The van der Waals surface area contributed by atoms with Crippen LogP contribution in [0, 0.1) is 5.92 Å². The van der Waals surface area contributed by atoms with Crippen molar-refractivity contribution in [1.29, 1.82) is 0 Å². The summed E-state index contributed by atoms with van der Waals surface area (Å²) < 4.78 is 0. The molecule has 2 heterocycles. The van der Waals surface area contributed by atoms with Crippen molar-refractivity contribution < 1.29 is 4.79 Å². The Hall–Kier alpha value is -0.810. The number of benzene rings is 1. The first-order valence-electron chi connectivity index (χ1n) is 8.99. The summed E-state index contributed by atoms with van der Waals surface area (Å²) in [6.45, 7) is 6.95. The van der Waals surface area contributed by atoms with E-state index in [-0.39, 0.29) is 36.8 Å². The van der Waals surface area contributed by atoms with E-state index in [1.54, 1.807) is 0 Å². The van der Waals surface area contributed by atoms with Crippen molar-refractivity contribution in [2.75, 3.05) is 26.2 Å². The van der Waals surface area contributed by atoms with Gasteiger partial charge in [0.2, 0.25) is 0 Å². The van der Waals surface area contributed by atoms with Crippen LogP contribution in [0.3, 0.4) is 0 Å². The Morgan fingerprint density at radius 1 is 1.20 bits per heavy atom. The van der Waals surface area contributed by atoms with Crippen LogP contribution >= 0.6 is 24.8 Å². The Morgan fingerprint density at radius 2 is 1.92 bits per heavy atom. The van der Waals surface area contributed by atoms with E-state index in [9.17, 15) is 4.79 Å². The number of hydrogen-bond acceptors (Lipinski definition) is 3. The number of hydrogen-bond donors (Lipinski definition) is 1. The molecule has 1 aromatic carbocycles. The van der Waals surface area contributed by atoms with Gasteiger partial charge in [-0.15, -0.1) is 24.8 Å². The summed E-state index contributed by atoms with van der Waals surface area (Å²) in [7, 11) is 0. The lowest BCUT2D eigenvalue weighted by atomic mass is 9.91. The van der Waals surface area contributed by atoms with E-state index in [1.165, 1.54) is 31.5 Å². The van der Waals surface area contributed by atoms with Crippen molar-refractivity contribution in [3.05, 3.63) is 35.4 Å². The van der Waals surface area contributed by atoms with Crippen molar-refractivity contribution in [3.8, 4) is 0 Å². The van der Waals surface area contributed by atoms with Gasteiger partial charge in [0.15, 0.2) is 0 Å². The molecule has 0 spiro atoms. The van der Waals surface area contributed by atoms with Crippen LogP contribution in [0.15, 0.2) is 24.3 Å². The molecule has 1 aromatic rings. The maximum atomic E-state index is 12.9. The molecule has 2 saturated heterocycles. The van der Waals surface area contributed by atoms with Crippen molar-refractivity contribution in [2.24, 2.45) is 11.7 Å². The van der Waals surface area contributed by atoms with Crippen LogP contribution in [0.1, 0.15) is 48.5 Å². The number of nitrogens with zero attached hydrogens (tertiary/aromatic N) is 2. The molecule has 25 heavy (non-hydrogen) atoms. The van der Waals surface area contributed by atoms with Crippen molar-refractivity contribution >= 4 is 30.7 Å². The Kier molecular flexibility index (Phi) is 9.22. The first kappa shape index (κ1) is 22.2. The molecule has 3 rings (SSSR count). The highest BCUT2D eigenvalue weighted by Crippen LogP contribution is 2.24. The molecular formula is C19H31Cl2N3O. The Morgan fingerprint density at radius 3 is 2.60 bits per heavy atom. The molecule has 0 bridgehead atoms. The fraction of sp³-hybridized carbons (Fsp3) is 0.632. The zero-order valence-corrected chi connectivity index (χ0v) is 16.7. The third-order valence-corrected chi connectivity index (χ3v) is 5.29. The number of carbonyl (C=O) groups is 1. The molecule has 0 aromatic heterocycles. The van der Waals surface area contributed by atoms with Gasteiger partial charge in [0, 0.05) is 31.2 Å². The van der Waals surface area contributed by atoms with Gasteiger partial charge >= 0.3 is 0 Å². The van der Waals surface area contributed by atoms with Crippen molar-refractivity contribution in [1.82, 2.24) is 9.80 Å². The average molecular weight is 388 g/mol. The molecule has 0 aliphatic carbocycles. The van der Waals surface area contributed by atoms with Crippen LogP contribution in [-0.2, 0) is 6.54 Å². The Bertz CT molecular complexity index is 549. The molecule has 142 valence electrons. The van der Waals surface area contributed by atoms with Crippen LogP contribution in [0.5, 0.6) is 0 Å². The molecule has 2 unspecified atom stereocenters. The summed E-state index contributed by atoms with van der Waals surface area (Å²) in [5.74, 6) is 0.810. The predicted octanol–water partition coefficient (Wildman–Crippen LogP) is 3.33. The summed E-state index contributed by atoms with van der Waals surface area (Å²) in [6, 6.07) is 8.36. The Labute approximate surface area is 163 Å². The lowest BCUT2D eigenvalue weighted by Gasteiger charge is -2.38. The normalized spacial score (nSPS) is 23.7. The van der Waals surface area contributed by atoms with E-state index >= 15 is 0 Å². The van der Waals surface area contributed by atoms with Gasteiger partial charge in [-0.2, -0.15) is 0 Å². The fourth-order valence-corrected chi connectivity index (χ4v) is 3.91. The number of rotatable bonds is 4. The zero-order valence-electron chi connectivity index (χ0n) is 15.0. The Balaban J connectivity index is 0.00000156. The van der Waals surface area contributed by atoms with Crippen LogP contribution in [0.2, 0.25) is 0 Å². The molecule has 2 aliphatic heterocycles. The maximum Gasteiger partial charge on any atom is 0.254 e. The van der Waals surface area contributed by atoms with Gasteiger partial charge < -0.3 is 10.6 Å². The largest absolute Gasteiger partial charge is 0.334 e. The van der Waals surface area contributed by atoms with Crippen LogP contribution < -0.4 is 5.73 Å². The minimum atomic E-state index is 0. The molecule has 2 fully saturated rings. The minimum absolute atomic E-state index is 0. The number of carbonyl (C=O) groups excluding carboxylic acids is 1. The first-order valence-corrected chi connectivity index (χ1v) is 8.99. The van der Waals surface area contributed by atoms with Crippen LogP contribution in [-0.4, -0.2) is 47.9 Å². The molecule has 0 radical (unpaired) electrons. The van der Waals surface area contributed by atoms with Crippen molar-refractivity contribution in [2.45, 2.75) is 45.2 Å². The summed E-state index contributed by atoms with van der Waals surface area (Å²) >= 11 is 0. The second kappa shape index (κ2) is 10.4. The van der Waals surface area contributed by atoms with Crippen molar-refractivity contribution in [3.63, 3.8) is 0 Å². The number of nitrogens with two attached hydrogens (primary N) is 1. The lowest BCUT2D eigenvalue weighted by Crippen LogP contribution is -2.49. The van der Waals surface area contributed by atoms with Gasteiger partial charge in [0.1, 0.15) is 0 Å². The highest BCUT2D eigenvalue weighted by molar-refractivity contribution is 5.94. The number of amides is 1. The summed E-state index contributed by atoms with van der Waals surface area (Å²) in [5, 5.41) is 0. The van der Waals surface area contributed by atoms with E-state index in [4.69, 9.17) is 5.73 Å². The van der Waals surface area contributed by atoms with Gasteiger partial charge in [-0.3, -0.25) is 9.69 Å². The second-order valence-electron chi connectivity index (χ2n) is 7.20. The fourth-order valence-electron chi connectivity index (χ4n) is 3.91. The molecule has 6 heteroatoms. The molecule has 0 saturated carbocycles. The topological polar surface area (TPSA) is 49.6 Å². The maximum absolute atomic E-state index is 12.9. The summed E-state index contributed by atoms with van der Waals surface area (Å²) in [5.41, 5.74) is 7.97. The minimum Gasteiger partial charge on any atom is -0.334 e. The standard InChI is InChI=1S/C19H29N3O.2ClH/c1-15-7-10-22(18(11-15)13-20)19(23)17-6-4-5-16(12-17)14-21-8-2-3-9-21;;/h4-6,12,15,18H,2-3,7-11,13-14,20H2,1H3;2*1H. The molecule has 4 nitrogen and oxygen atoms in total. The van der Waals surface area contributed by atoms with Gasteiger partial charge in [-0.1, -0.05) is 19.1 Å². The van der Waals surface area contributed by atoms with Crippen LogP contribution in [0.25, 0.3) is 0 Å². The quantitative estimate of drug-likeness (QED) is 0.861.